The summed E-state index contributed by atoms with van der Waals surface area (Å²) >= 11 is 0. The second-order valence-electron chi connectivity index (χ2n) is 3.97. The van der Waals surface area contributed by atoms with Crippen molar-refractivity contribution in [2.24, 2.45) is 0 Å². The van der Waals surface area contributed by atoms with E-state index < -0.39 is 5.92 Å². The van der Waals surface area contributed by atoms with Gasteiger partial charge in [-0.05, 0) is 35.7 Å². The molecule has 0 heterocycles. The lowest BCUT2D eigenvalue weighted by molar-refractivity contribution is 0.625. The number of nitriles is 1. The molecule has 0 aliphatic rings. The standard InChI is InChI=1S/C15H12FN/c1-11-5-2-3-8-14(11)15(10-17)12-6-4-7-13(16)9-12/h2-9,15H,1H3. The highest BCUT2D eigenvalue weighted by Gasteiger charge is 2.15. The van der Waals surface area contributed by atoms with Crippen molar-refractivity contribution in [2.45, 2.75) is 12.8 Å². The van der Waals surface area contributed by atoms with Gasteiger partial charge in [-0.2, -0.15) is 5.26 Å². The molecule has 0 aromatic heterocycles. The van der Waals surface area contributed by atoms with Gasteiger partial charge in [0, 0.05) is 0 Å². The Balaban J connectivity index is 2.49. The quantitative estimate of drug-likeness (QED) is 0.762. The zero-order chi connectivity index (χ0) is 12.3. The lowest BCUT2D eigenvalue weighted by atomic mass is 9.90. The molecule has 17 heavy (non-hydrogen) atoms. The summed E-state index contributed by atoms with van der Waals surface area (Å²) in [6.45, 7) is 1.96. The van der Waals surface area contributed by atoms with Gasteiger partial charge in [-0.15, -0.1) is 0 Å². The van der Waals surface area contributed by atoms with Crippen LogP contribution in [0, 0.1) is 24.1 Å². The topological polar surface area (TPSA) is 23.8 Å². The van der Waals surface area contributed by atoms with Crippen LogP contribution in [0.25, 0.3) is 0 Å². The van der Waals surface area contributed by atoms with Crippen LogP contribution in [0.4, 0.5) is 4.39 Å². The number of benzene rings is 2. The first-order chi connectivity index (χ1) is 8.22. The van der Waals surface area contributed by atoms with E-state index in [1.165, 1.54) is 12.1 Å². The van der Waals surface area contributed by atoms with Gasteiger partial charge in [0.2, 0.25) is 0 Å². The van der Waals surface area contributed by atoms with Gasteiger partial charge in [0.05, 0.1) is 12.0 Å². The second-order valence-corrected chi connectivity index (χ2v) is 3.97. The second kappa shape index (κ2) is 4.80. The van der Waals surface area contributed by atoms with Gasteiger partial charge >= 0.3 is 0 Å². The minimum atomic E-state index is -0.410. The van der Waals surface area contributed by atoms with Gasteiger partial charge in [0.15, 0.2) is 0 Å². The number of aryl methyl sites for hydroxylation is 1. The largest absolute Gasteiger partial charge is 0.207 e. The van der Waals surface area contributed by atoms with Crippen molar-refractivity contribution in [3.05, 3.63) is 71.0 Å². The molecule has 0 spiro atoms. The third-order valence-electron chi connectivity index (χ3n) is 2.81. The van der Waals surface area contributed by atoms with Crippen LogP contribution in [0.2, 0.25) is 0 Å². The maximum Gasteiger partial charge on any atom is 0.123 e. The first-order valence-electron chi connectivity index (χ1n) is 5.43. The molecule has 0 saturated heterocycles. The Morgan fingerprint density at radius 2 is 1.88 bits per heavy atom. The van der Waals surface area contributed by atoms with Crippen molar-refractivity contribution >= 4 is 0 Å². The molecular weight excluding hydrogens is 213 g/mol. The average Bonchev–Trinajstić information content (AvgIpc) is 2.33. The SMILES string of the molecule is Cc1ccccc1C(C#N)c1cccc(F)c1. The average molecular weight is 225 g/mol. The van der Waals surface area contributed by atoms with E-state index in [1.54, 1.807) is 12.1 Å². The van der Waals surface area contributed by atoms with Crippen LogP contribution in [-0.2, 0) is 0 Å². The highest BCUT2D eigenvalue weighted by atomic mass is 19.1. The Labute approximate surface area is 100 Å². The van der Waals surface area contributed by atoms with Gasteiger partial charge in [-0.25, -0.2) is 4.39 Å². The maximum atomic E-state index is 13.2. The molecule has 0 aliphatic carbocycles. The van der Waals surface area contributed by atoms with Gasteiger partial charge in [-0.3, -0.25) is 0 Å². The normalized spacial score (nSPS) is 11.8. The molecule has 2 rings (SSSR count). The van der Waals surface area contributed by atoms with Crippen LogP contribution in [-0.4, -0.2) is 0 Å². The van der Waals surface area contributed by atoms with E-state index in [-0.39, 0.29) is 5.82 Å². The minimum absolute atomic E-state index is 0.309. The van der Waals surface area contributed by atoms with Crippen LogP contribution in [0.3, 0.4) is 0 Å². The number of halogens is 1. The summed E-state index contributed by atoms with van der Waals surface area (Å²) in [5.41, 5.74) is 2.67. The third kappa shape index (κ3) is 2.34. The summed E-state index contributed by atoms with van der Waals surface area (Å²) in [5.74, 6) is -0.719. The zero-order valence-electron chi connectivity index (χ0n) is 9.52. The lowest BCUT2D eigenvalue weighted by Gasteiger charge is -2.12. The van der Waals surface area contributed by atoms with E-state index >= 15 is 0 Å². The van der Waals surface area contributed by atoms with Crippen molar-refractivity contribution in [1.29, 1.82) is 5.26 Å². The highest BCUT2D eigenvalue weighted by molar-refractivity contribution is 5.41. The molecule has 1 unspecified atom stereocenters. The van der Waals surface area contributed by atoms with E-state index in [4.69, 9.17) is 0 Å². The van der Waals surface area contributed by atoms with E-state index in [1.807, 2.05) is 31.2 Å². The lowest BCUT2D eigenvalue weighted by Crippen LogP contribution is -2.00. The van der Waals surface area contributed by atoms with Crippen LogP contribution < -0.4 is 0 Å². The summed E-state index contributed by atoms with van der Waals surface area (Å²) in [6, 6.07) is 16.1. The third-order valence-corrected chi connectivity index (χ3v) is 2.81. The smallest absolute Gasteiger partial charge is 0.123 e. The fraction of sp³-hybridized carbons (Fsp3) is 0.133. The van der Waals surface area contributed by atoms with Crippen molar-refractivity contribution in [3.63, 3.8) is 0 Å². The fourth-order valence-corrected chi connectivity index (χ4v) is 1.92. The molecule has 0 N–H and O–H groups in total. The first-order valence-corrected chi connectivity index (χ1v) is 5.43. The Hall–Kier alpha value is -2.14. The molecule has 84 valence electrons. The van der Waals surface area contributed by atoms with Gasteiger partial charge < -0.3 is 0 Å². The monoisotopic (exact) mass is 225 g/mol. The summed E-state index contributed by atoms with van der Waals surface area (Å²) in [6.07, 6.45) is 0. The minimum Gasteiger partial charge on any atom is -0.207 e. The molecule has 2 aromatic rings. The van der Waals surface area contributed by atoms with Gasteiger partial charge in [0.1, 0.15) is 5.82 Å². The molecule has 0 bridgehead atoms. The van der Waals surface area contributed by atoms with Gasteiger partial charge in [0.25, 0.3) is 0 Å². The molecule has 2 heteroatoms. The Morgan fingerprint density at radius 1 is 1.12 bits per heavy atom. The first kappa shape index (κ1) is 11.3. The molecular formula is C15H12FN. The Kier molecular flexibility index (Phi) is 3.20. The van der Waals surface area contributed by atoms with Crippen LogP contribution in [0.5, 0.6) is 0 Å². The van der Waals surface area contributed by atoms with Crippen molar-refractivity contribution in [1.82, 2.24) is 0 Å². The van der Waals surface area contributed by atoms with Crippen molar-refractivity contribution in [3.8, 4) is 6.07 Å². The predicted octanol–water partition coefficient (Wildman–Crippen LogP) is 3.79. The fourth-order valence-electron chi connectivity index (χ4n) is 1.92. The number of hydrogen-bond donors (Lipinski definition) is 0. The molecule has 0 saturated carbocycles. The van der Waals surface area contributed by atoms with Gasteiger partial charge in [-0.1, -0.05) is 36.4 Å². The predicted molar refractivity (Wildman–Crippen MR) is 65.0 cm³/mol. The van der Waals surface area contributed by atoms with Crippen LogP contribution in [0.1, 0.15) is 22.6 Å². The molecule has 2 aromatic carbocycles. The van der Waals surface area contributed by atoms with E-state index in [0.717, 1.165) is 11.1 Å². The summed E-state index contributed by atoms with van der Waals surface area (Å²) in [7, 11) is 0. The Morgan fingerprint density at radius 3 is 2.53 bits per heavy atom. The number of nitrogens with zero attached hydrogens (tertiary/aromatic N) is 1. The van der Waals surface area contributed by atoms with E-state index in [9.17, 15) is 9.65 Å². The van der Waals surface area contributed by atoms with E-state index in [0.29, 0.717) is 5.56 Å². The molecule has 1 nitrogen and oxygen atoms in total. The molecule has 0 aliphatic heterocycles. The van der Waals surface area contributed by atoms with E-state index in [2.05, 4.69) is 6.07 Å². The molecule has 1 atom stereocenters. The molecule has 0 fully saturated rings. The molecule has 0 amide bonds. The zero-order valence-corrected chi connectivity index (χ0v) is 9.52. The van der Waals surface area contributed by atoms with Crippen LogP contribution >= 0.6 is 0 Å². The van der Waals surface area contributed by atoms with Crippen molar-refractivity contribution < 1.29 is 4.39 Å². The number of hydrogen-bond acceptors (Lipinski definition) is 1. The highest BCUT2D eigenvalue weighted by Crippen LogP contribution is 2.26. The summed E-state index contributed by atoms with van der Waals surface area (Å²) in [5, 5.41) is 9.28. The summed E-state index contributed by atoms with van der Waals surface area (Å²) in [4.78, 5) is 0. The summed E-state index contributed by atoms with van der Waals surface area (Å²) < 4.78 is 13.2. The maximum absolute atomic E-state index is 13.2. The van der Waals surface area contributed by atoms with Crippen LogP contribution in [0.15, 0.2) is 48.5 Å². The molecule has 0 radical (unpaired) electrons. The van der Waals surface area contributed by atoms with Crippen molar-refractivity contribution in [2.75, 3.05) is 0 Å². The number of rotatable bonds is 2. The Bertz CT molecular complexity index is 569.